The van der Waals surface area contributed by atoms with Crippen LogP contribution in [0.5, 0.6) is 0 Å². The van der Waals surface area contributed by atoms with E-state index in [0.29, 0.717) is 30.1 Å². The van der Waals surface area contributed by atoms with Gasteiger partial charge in [0.25, 0.3) is 0 Å². The van der Waals surface area contributed by atoms with E-state index in [4.69, 9.17) is 4.52 Å². The molecule has 0 saturated carbocycles. The van der Waals surface area contributed by atoms with Crippen molar-refractivity contribution in [3.8, 4) is 11.3 Å². The molecule has 0 unspecified atom stereocenters. The maximum absolute atomic E-state index is 14.3. The lowest BCUT2D eigenvalue weighted by molar-refractivity contribution is -0.106. The number of aromatic nitrogens is 2. The number of allylic oxidation sites excluding steroid dienone is 1. The summed E-state index contributed by atoms with van der Waals surface area (Å²) in [6.07, 6.45) is 5.21. The number of carbonyl (C=O) groups excluding carboxylic acids is 1. The molecular formula is C21H20F2N4O2. The van der Waals surface area contributed by atoms with Crippen LogP contribution >= 0.6 is 0 Å². The highest BCUT2D eigenvalue weighted by Gasteiger charge is 2.21. The Kier molecular flexibility index (Phi) is 6.33. The van der Waals surface area contributed by atoms with Gasteiger partial charge in [-0.25, -0.2) is 8.78 Å². The van der Waals surface area contributed by atoms with E-state index in [-0.39, 0.29) is 12.1 Å². The van der Waals surface area contributed by atoms with Gasteiger partial charge in [-0.05, 0) is 23.6 Å². The van der Waals surface area contributed by atoms with Crippen LogP contribution in [0.15, 0.2) is 64.3 Å². The van der Waals surface area contributed by atoms with Crippen LogP contribution in [0.1, 0.15) is 23.7 Å². The third kappa shape index (κ3) is 4.31. The second-order valence-electron chi connectivity index (χ2n) is 6.18. The topological polar surface area (TPSA) is 72.4 Å². The summed E-state index contributed by atoms with van der Waals surface area (Å²) in [5.74, 6) is -0.949. The zero-order chi connectivity index (χ0) is 20.8. The smallest absolute Gasteiger partial charge is 0.206 e. The van der Waals surface area contributed by atoms with Crippen molar-refractivity contribution in [2.75, 3.05) is 7.05 Å². The summed E-state index contributed by atoms with van der Waals surface area (Å²) in [4.78, 5) is 14.7. The number of nitrogens with zero attached hydrogens (tertiary/aromatic N) is 3. The van der Waals surface area contributed by atoms with Crippen LogP contribution in [0.25, 0.3) is 11.3 Å². The highest BCUT2D eigenvalue weighted by Crippen LogP contribution is 2.30. The molecule has 0 aliphatic carbocycles. The van der Waals surface area contributed by atoms with Crippen LogP contribution in [0.4, 0.5) is 8.78 Å². The van der Waals surface area contributed by atoms with E-state index in [1.54, 1.807) is 42.1 Å². The predicted octanol–water partition coefficient (Wildman–Crippen LogP) is 3.87. The van der Waals surface area contributed by atoms with Crippen molar-refractivity contribution in [3.63, 3.8) is 0 Å². The molecule has 6 nitrogen and oxygen atoms in total. The van der Waals surface area contributed by atoms with Crippen molar-refractivity contribution < 1.29 is 18.1 Å². The van der Waals surface area contributed by atoms with Crippen LogP contribution in [-0.2, 0) is 17.6 Å². The summed E-state index contributed by atoms with van der Waals surface area (Å²) in [5.41, 5.74) is 3.59. The molecule has 150 valence electrons. The Labute approximate surface area is 166 Å². The Bertz CT molecular complexity index is 1050. The van der Waals surface area contributed by atoms with Crippen LogP contribution in [-0.4, -0.2) is 29.0 Å². The van der Waals surface area contributed by atoms with Crippen LogP contribution in [0.2, 0.25) is 0 Å². The summed E-state index contributed by atoms with van der Waals surface area (Å²) in [5, 5.41) is 6.71. The fraction of sp³-hybridized carbons (Fsp3) is 0.190. The van der Waals surface area contributed by atoms with Gasteiger partial charge in [-0.2, -0.15) is 0 Å². The number of aldehydes is 1. The third-order valence-corrected chi connectivity index (χ3v) is 4.49. The Morgan fingerprint density at radius 3 is 2.76 bits per heavy atom. The van der Waals surface area contributed by atoms with Gasteiger partial charge >= 0.3 is 0 Å². The maximum Gasteiger partial charge on any atom is 0.206 e. The second-order valence-corrected chi connectivity index (χ2v) is 6.18. The molecule has 29 heavy (non-hydrogen) atoms. The van der Waals surface area contributed by atoms with E-state index in [0.717, 1.165) is 23.0 Å². The second kappa shape index (κ2) is 9.09. The van der Waals surface area contributed by atoms with Gasteiger partial charge in [0.05, 0.1) is 0 Å². The zero-order valence-electron chi connectivity index (χ0n) is 16.0. The van der Waals surface area contributed by atoms with Gasteiger partial charge in [0.15, 0.2) is 12.1 Å². The predicted molar refractivity (Wildman–Crippen MR) is 106 cm³/mol. The quantitative estimate of drug-likeness (QED) is 0.296. The summed E-state index contributed by atoms with van der Waals surface area (Å²) in [6, 6.07) is 8.29. The van der Waals surface area contributed by atoms with Gasteiger partial charge in [0, 0.05) is 43.2 Å². The number of carbonyl (C=O) groups is 1. The molecular weight excluding hydrogens is 378 g/mol. The molecule has 0 bridgehead atoms. The van der Waals surface area contributed by atoms with Crippen molar-refractivity contribution in [1.82, 2.24) is 15.0 Å². The Morgan fingerprint density at radius 2 is 2.14 bits per heavy atom. The highest BCUT2D eigenvalue weighted by atomic mass is 19.1. The molecule has 2 aromatic heterocycles. The van der Waals surface area contributed by atoms with Crippen molar-refractivity contribution in [1.29, 1.82) is 0 Å². The number of halogens is 2. The molecule has 8 heteroatoms. The van der Waals surface area contributed by atoms with Crippen molar-refractivity contribution in [2.24, 2.45) is 4.99 Å². The monoisotopic (exact) mass is 398 g/mol. The molecule has 3 aromatic rings. The molecule has 0 aliphatic heterocycles. The maximum atomic E-state index is 14.3. The van der Waals surface area contributed by atoms with Crippen LogP contribution in [0.3, 0.4) is 0 Å². The van der Waals surface area contributed by atoms with Crippen molar-refractivity contribution >= 4 is 12.2 Å². The van der Waals surface area contributed by atoms with Crippen molar-refractivity contribution in [3.05, 3.63) is 77.5 Å². The molecule has 0 aliphatic rings. The molecule has 0 amide bonds. The Balaban J connectivity index is 2.13. The first kappa shape index (κ1) is 20.2. The third-order valence-electron chi connectivity index (χ3n) is 4.49. The number of hydrogen-bond acceptors (Lipinski definition) is 4. The average Bonchev–Trinajstić information content (AvgIpc) is 3.38. The highest BCUT2D eigenvalue weighted by molar-refractivity contribution is 5.87. The zero-order valence-corrected chi connectivity index (χ0v) is 16.0. The van der Waals surface area contributed by atoms with E-state index in [2.05, 4.69) is 15.5 Å². The molecule has 0 spiro atoms. The summed E-state index contributed by atoms with van der Waals surface area (Å²) < 4.78 is 34.3. The fourth-order valence-corrected chi connectivity index (χ4v) is 3.17. The standard InChI is InChI=1S/C21H20F2N4O2/c1-3-20-16(10-14-6-4-5-7-18(14)23)17(19-8-9-29-26-19)12-27(20)21(24-2)25-11-15(22)13-28/h4-9,11-13H,3,10H2,1-2H3,(H,24,25)/b15-11+. The molecule has 0 radical (unpaired) electrons. The molecule has 0 atom stereocenters. The first-order valence-corrected chi connectivity index (χ1v) is 9.00. The lowest BCUT2D eigenvalue weighted by Crippen LogP contribution is -2.27. The SMILES string of the molecule is CCc1c(Cc2ccccc2F)c(-c2ccon2)cn1C(=NC)N/C=C(/F)C=O. The fourth-order valence-electron chi connectivity index (χ4n) is 3.17. The lowest BCUT2D eigenvalue weighted by atomic mass is 9.98. The van der Waals surface area contributed by atoms with Crippen LogP contribution in [0, 0.1) is 5.82 Å². The van der Waals surface area contributed by atoms with E-state index in [1.807, 2.05) is 6.92 Å². The molecule has 2 heterocycles. The van der Waals surface area contributed by atoms with E-state index in [1.165, 1.54) is 12.3 Å². The largest absolute Gasteiger partial charge is 0.364 e. The summed E-state index contributed by atoms with van der Waals surface area (Å²) in [6.45, 7) is 1.96. The Morgan fingerprint density at radius 1 is 1.34 bits per heavy atom. The summed E-state index contributed by atoms with van der Waals surface area (Å²) in [7, 11) is 1.54. The number of benzene rings is 1. The molecule has 0 fully saturated rings. The van der Waals surface area contributed by atoms with Gasteiger partial charge < -0.3 is 9.84 Å². The minimum Gasteiger partial charge on any atom is -0.364 e. The van der Waals surface area contributed by atoms with Crippen LogP contribution < -0.4 is 5.32 Å². The minimum absolute atomic E-state index is 0.0983. The van der Waals surface area contributed by atoms with Gasteiger partial charge in [0.2, 0.25) is 5.96 Å². The average molecular weight is 398 g/mol. The van der Waals surface area contributed by atoms with E-state index < -0.39 is 5.83 Å². The number of rotatable bonds is 6. The van der Waals surface area contributed by atoms with Gasteiger partial charge in [-0.3, -0.25) is 14.4 Å². The normalized spacial score (nSPS) is 12.3. The van der Waals surface area contributed by atoms with Gasteiger partial charge in [0.1, 0.15) is 17.8 Å². The molecule has 3 rings (SSSR count). The van der Waals surface area contributed by atoms with Crippen molar-refractivity contribution in [2.45, 2.75) is 19.8 Å². The first-order valence-electron chi connectivity index (χ1n) is 9.00. The number of nitrogens with one attached hydrogen (secondary N) is 1. The van der Waals surface area contributed by atoms with E-state index >= 15 is 0 Å². The number of hydrogen-bond donors (Lipinski definition) is 1. The first-order chi connectivity index (χ1) is 14.1. The Hall–Kier alpha value is -3.55. The number of aliphatic imine (C=N–C) groups is 1. The van der Waals surface area contributed by atoms with E-state index in [9.17, 15) is 13.6 Å². The molecule has 1 aromatic carbocycles. The molecule has 0 saturated heterocycles. The summed E-state index contributed by atoms with van der Waals surface area (Å²) >= 11 is 0. The lowest BCUT2D eigenvalue weighted by Gasteiger charge is -2.12. The van der Waals surface area contributed by atoms with Gasteiger partial charge in [-0.1, -0.05) is 30.3 Å². The minimum atomic E-state index is -0.959. The molecule has 1 N–H and O–H groups in total. The van der Waals surface area contributed by atoms with Gasteiger partial charge in [-0.15, -0.1) is 0 Å².